The number of methoxy groups -OCH3 is 1. The zero-order chi connectivity index (χ0) is 14.5. The van der Waals surface area contributed by atoms with E-state index in [4.69, 9.17) is 4.74 Å². The van der Waals surface area contributed by atoms with Crippen LogP contribution in [0.3, 0.4) is 0 Å². The molecule has 2 N–H and O–H groups in total. The first-order chi connectivity index (χ1) is 9.86. The summed E-state index contributed by atoms with van der Waals surface area (Å²) in [7, 11) is 1.70. The van der Waals surface area contributed by atoms with Crippen LogP contribution in [0.15, 0.2) is 24.3 Å². The minimum atomic E-state index is 0.915. The van der Waals surface area contributed by atoms with E-state index in [0.29, 0.717) is 0 Å². The molecule has 20 heavy (non-hydrogen) atoms. The van der Waals surface area contributed by atoms with E-state index in [1.165, 1.54) is 37.7 Å². The van der Waals surface area contributed by atoms with Crippen molar-refractivity contribution in [1.82, 2.24) is 10.6 Å². The van der Waals surface area contributed by atoms with E-state index in [-0.39, 0.29) is 0 Å². The Morgan fingerprint density at radius 1 is 0.850 bits per heavy atom. The summed E-state index contributed by atoms with van der Waals surface area (Å²) in [4.78, 5) is 0. The maximum atomic E-state index is 5.14. The van der Waals surface area contributed by atoms with Crippen molar-refractivity contribution in [3.05, 3.63) is 29.8 Å². The van der Waals surface area contributed by atoms with Crippen LogP contribution in [-0.4, -0.2) is 26.7 Å². The van der Waals surface area contributed by atoms with Crippen LogP contribution in [0, 0.1) is 0 Å². The fraction of sp³-hybridized carbons (Fsp3) is 0.647. The lowest BCUT2D eigenvalue weighted by Crippen LogP contribution is -2.27. The van der Waals surface area contributed by atoms with Crippen molar-refractivity contribution in [1.29, 1.82) is 0 Å². The lowest BCUT2D eigenvalue weighted by molar-refractivity contribution is 0.414. The first-order valence-corrected chi connectivity index (χ1v) is 7.91. The molecule has 3 heteroatoms. The summed E-state index contributed by atoms with van der Waals surface area (Å²) in [6, 6.07) is 8.22. The highest BCUT2D eigenvalue weighted by molar-refractivity contribution is 5.26. The quantitative estimate of drug-likeness (QED) is 0.575. The van der Waals surface area contributed by atoms with Crippen LogP contribution in [0.25, 0.3) is 0 Å². The largest absolute Gasteiger partial charge is 0.497 e. The van der Waals surface area contributed by atoms with Crippen LogP contribution in [0.2, 0.25) is 0 Å². The van der Waals surface area contributed by atoms with Crippen LogP contribution >= 0.6 is 0 Å². The Morgan fingerprint density at radius 2 is 1.55 bits per heavy atom. The summed E-state index contributed by atoms with van der Waals surface area (Å²) in [6.07, 6.45) is 6.75. The SMILES string of the molecule is CCCCCCCNCCNCc1ccc(OC)cc1. The first-order valence-electron chi connectivity index (χ1n) is 7.91. The monoisotopic (exact) mass is 278 g/mol. The lowest BCUT2D eigenvalue weighted by Gasteiger charge is -2.07. The van der Waals surface area contributed by atoms with Gasteiger partial charge >= 0.3 is 0 Å². The second-order valence-corrected chi connectivity index (χ2v) is 5.19. The molecule has 0 spiro atoms. The molecule has 0 amide bonds. The molecule has 1 rings (SSSR count). The van der Waals surface area contributed by atoms with Gasteiger partial charge in [0.1, 0.15) is 5.75 Å². The van der Waals surface area contributed by atoms with Crippen LogP contribution in [-0.2, 0) is 6.54 Å². The molecule has 0 fully saturated rings. The number of ether oxygens (including phenoxy) is 1. The molecule has 0 radical (unpaired) electrons. The van der Waals surface area contributed by atoms with Gasteiger partial charge in [0.05, 0.1) is 7.11 Å². The summed E-state index contributed by atoms with van der Waals surface area (Å²) < 4.78 is 5.14. The molecule has 0 unspecified atom stereocenters. The smallest absolute Gasteiger partial charge is 0.118 e. The molecule has 0 aliphatic heterocycles. The highest BCUT2D eigenvalue weighted by Gasteiger charge is 1.94. The Morgan fingerprint density at radius 3 is 2.25 bits per heavy atom. The lowest BCUT2D eigenvalue weighted by atomic mass is 10.1. The molecule has 0 saturated heterocycles. The van der Waals surface area contributed by atoms with E-state index in [2.05, 4.69) is 29.7 Å². The Bertz CT molecular complexity index is 324. The molecule has 0 aliphatic carbocycles. The number of hydrogen-bond acceptors (Lipinski definition) is 3. The van der Waals surface area contributed by atoms with Crippen LogP contribution in [0.4, 0.5) is 0 Å². The molecule has 3 nitrogen and oxygen atoms in total. The Labute approximate surface area is 124 Å². The Balaban J connectivity index is 1.91. The van der Waals surface area contributed by atoms with Gasteiger partial charge in [-0.15, -0.1) is 0 Å². The summed E-state index contributed by atoms with van der Waals surface area (Å²) in [6.45, 7) is 6.38. The van der Waals surface area contributed by atoms with Gasteiger partial charge in [0.2, 0.25) is 0 Å². The van der Waals surface area contributed by atoms with E-state index < -0.39 is 0 Å². The molecule has 114 valence electrons. The zero-order valence-electron chi connectivity index (χ0n) is 13.1. The third kappa shape index (κ3) is 8.18. The third-order valence-electron chi connectivity index (χ3n) is 3.42. The molecule has 0 saturated carbocycles. The van der Waals surface area contributed by atoms with Crippen molar-refractivity contribution in [3.63, 3.8) is 0 Å². The van der Waals surface area contributed by atoms with E-state index in [1.54, 1.807) is 7.11 Å². The van der Waals surface area contributed by atoms with Crippen molar-refractivity contribution in [2.75, 3.05) is 26.7 Å². The maximum absolute atomic E-state index is 5.14. The van der Waals surface area contributed by atoms with Crippen molar-refractivity contribution in [2.45, 2.75) is 45.6 Å². The summed E-state index contributed by atoms with van der Waals surface area (Å²) in [5, 5.41) is 6.93. The number of nitrogens with one attached hydrogen (secondary N) is 2. The van der Waals surface area contributed by atoms with Gasteiger partial charge in [-0.3, -0.25) is 0 Å². The number of benzene rings is 1. The van der Waals surface area contributed by atoms with Crippen LogP contribution < -0.4 is 15.4 Å². The third-order valence-corrected chi connectivity index (χ3v) is 3.42. The van der Waals surface area contributed by atoms with Gasteiger partial charge in [-0.25, -0.2) is 0 Å². The summed E-state index contributed by atoms with van der Waals surface area (Å²) >= 11 is 0. The molecule has 1 aromatic rings. The molecule has 0 bridgehead atoms. The van der Waals surface area contributed by atoms with Crippen LogP contribution in [0.1, 0.15) is 44.6 Å². The number of hydrogen-bond donors (Lipinski definition) is 2. The molecule has 0 aliphatic rings. The zero-order valence-corrected chi connectivity index (χ0v) is 13.1. The average Bonchev–Trinajstić information content (AvgIpc) is 2.50. The number of rotatable bonds is 12. The average molecular weight is 278 g/mol. The molecule has 0 aromatic heterocycles. The van der Waals surface area contributed by atoms with Crippen molar-refractivity contribution in [2.24, 2.45) is 0 Å². The molecule has 0 heterocycles. The van der Waals surface area contributed by atoms with Gasteiger partial charge in [0.15, 0.2) is 0 Å². The van der Waals surface area contributed by atoms with Crippen molar-refractivity contribution >= 4 is 0 Å². The molecular weight excluding hydrogens is 248 g/mol. The Kier molecular flexibility index (Phi) is 9.98. The van der Waals surface area contributed by atoms with E-state index in [9.17, 15) is 0 Å². The topological polar surface area (TPSA) is 33.3 Å². The van der Waals surface area contributed by atoms with Gasteiger partial charge in [0, 0.05) is 19.6 Å². The first kappa shape index (κ1) is 17.0. The minimum Gasteiger partial charge on any atom is -0.497 e. The van der Waals surface area contributed by atoms with Gasteiger partial charge < -0.3 is 15.4 Å². The normalized spacial score (nSPS) is 10.7. The predicted octanol–water partition coefficient (Wildman–Crippen LogP) is 3.34. The van der Waals surface area contributed by atoms with Crippen molar-refractivity contribution in [3.8, 4) is 5.75 Å². The van der Waals surface area contributed by atoms with Gasteiger partial charge in [-0.1, -0.05) is 44.7 Å². The second-order valence-electron chi connectivity index (χ2n) is 5.19. The maximum Gasteiger partial charge on any atom is 0.118 e. The van der Waals surface area contributed by atoms with Gasteiger partial charge in [-0.2, -0.15) is 0 Å². The van der Waals surface area contributed by atoms with Crippen LogP contribution in [0.5, 0.6) is 5.75 Å². The Hall–Kier alpha value is -1.06. The highest BCUT2D eigenvalue weighted by atomic mass is 16.5. The predicted molar refractivity (Wildman–Crippen MR) is 86.3 cm³/mol. The summed E-state index contributed by atoms with van der Waals surface area (Å²) in [5.41, 5.74) is 1.30. The summed E-state index contributed by atoms with van der Waals surface area (Å²) in [5.74, 6) is 0.915. The number of unbranched alkanes of at least 4 members (excludes halogenated alkanes) is 4. The standard InChI is InChI=1S/C17H30N2O/c1-3-4-5-6-7-12-18-13-14-19-15-16-8-10-17(20-2)11-9-16/h8-11,18-19H,3-7,12-15H2,1-2H3. The fourth-order valence-electron chi connectivity index (χ4n) is 2.13. The van der Waals surface area contributed by atoms with E-state index in [0.717, 1.165) is 31.9 Å². The molecule has 0 atom stereocenters. The second kappa shape index (κ2) is 11.7. The highest BCUT2D eigenvalue weighted by Crippen LogP contribution is 2.10. The van der Waals surface area contributed by atoms with Gasteiger partial charge in [0.25, 0.3) is 0 Å². The van der Waals surface area contributed by atoms with Crippen molar-refractivity contribution < 1.29 is 4.74 Å². The van der Waals surface area contributed by atoms with E-state index in [1.807, 2.05) is 12.1 Å². The van der Waals surface area contributed by atoms with E-state index >= 15 is 0 Å². The fourth-order valence-corrected chi connectivity index (χ4v) is 2.13. The molecular formula is C17H30N2O. The molecule has 1 aromatic carbocycles. The van der Waals surface area contributed by atoms with Gasteiger partial charge in [-0.05, 0) is 30.7 Å². The minimum absolute atomic E-state index is 0.915.